The van der Waals surface area contributed by atoms with Gasteiger partial charge in [0.25, 0.3) is 0 Å². The van der Waals surface area contributed by atoms with E-state index in [9.17, 15) is 4.79 Å². The van der Waals surface area contributed by atoms with Gasteiger partial charge in [0.15, 0.2) is 0 Å². The molecular weight excluding hydrogens is 246 g/mol. The molecule has 1 rings (SSSR count). The molecule has 1 amide bonds. The Labute approximate surface area is 115 Å². The summed E-state index contributed by atoms with van der Waals surface area (Å²) in [6.45, 7) is 4.12. The van der Waals surface area contributed by atoms with Crippen LogP contribution in [0.3, 0.4) is 0 Å². The molecular formula is C13H27N3OS. The number of rotatable bonds is 8. The molecule has 0 radical (unpaired) electrons. The molecule has 0 aromatic rings. The molecule has 0 atom stereocenters. The van der Waals surface area contributed by atoms with Crippen molar-refractivity contribution in [2.45, 2.75) is 30.9 Å². The number of hydrogen-bond donors (Lipinski definition) is 2. The number of nitrogens with one attached hydrogen (secondary N) is 2. The standard InChI is InChI=1S/C13H27N3OS/c1-16(2)10-4-3-7-15-13(17)11-18-12-5-8-14-9-6-12/h12,14H,3-11H2,1-2H3,(H,15,17). The molecule has 1 aliphatic rings. The van der Waals surface area contributed by atoms with Crippen LogP contribution in [0.1, 0.15) is 25.7 Å². The number of nitrogens with zero attached hydrogens (tertiary/aromatic N) is 1. The van der Waals surface area contributed by atoms with Crippen molar-refractivity contribution >= 4 is 17.7 Å². The van der Waals surface area contributed by atoms with E-state index in [4.69, 9.17) is 0 Å². The Balaban J connectivity index is 1.93. The lowest BCUT2D eigenvalue weighted by Gasteiger charge is -2.21. The lowest BCUT2D eigenvalue weighted by atomic mass is 10.2. The van der Waals surface area contributed by atoms with Gasteiger partial charge in [-0.05, 0) is 59.4 Å². The summed E-state index contributed by atoms with van der Waals surface area (Å²) in [6, 6.07) is 0. The molecule has 0 aromatic carbocycles. The highest BCUT2D eigenvalue weighted by molar-refractivity contribution is 8.00. The molecule has 1 saturated heterocycles. The van der Waals surface area contributed by atoms with Crippen LogP contribution in [-0.2, 0) is 4.79 Å². The highest BCUT2D eigenvalue weighted by Crippen LogP contribution is 2.19. The topological polar surface area (TPSA) is 44.4 Å². The van der Waals surface area contributed by atoms with Crippen molar-refractivity contribution in [3.63, 3.8) is 0 Å². The van der Waals surface area contributed by atoms with E-state index < -0.39 is 0 Å². The van der Waals surface area contributed by atoms with Crippen molar-refractivity contribution < 1.29 is 4.79 Å². The van der Waals surface area contributed by atoms with E-state index in [0.717, 1.165) is 39.0 Å². The van der Waals surface area contributed by atoms with Crippen LogP contribution in [-0.4, -0.2) is 62.1 Å². The summed E-state index contributed by atoms with van der Waals surface area (Å²) in [7, 11) is 4.16. The molecule has 1 fully saturated rings. The van der Waals surface area contributed by atoms with Gasteiger partial charge in [0, 0.05) is 11.8 Å². The second kappa shape index (κ2) is 9.64. The Kier molecular flexibility index (Phi) is 8.46. The van der Waals surface area contributed by atoms with Crippen LogP contribution in [0.5, 0.6) is 0 Å². The highest BCUT2D eigenvalue weighted by atomic mass is 32.2. The Bertz CT molecular complexity index is 230. The fourth-order valence-electron chi connectivity index (χ4n) is 1.99. The van der Waals surface area contributed by atoms with Crippen LogP contribution in [0.2, 0.25) is 0 Å². The van der Waals surface area contributed by atoms with E-state index in [-0.39, 0.29) is 5.91 Å². The number of carbonyl (C=O) groups is 1. The molecule has 0 spiro atoms. The predicted molar refractivity (Wildman–Crippen MR) is 79.1 cm³/mol. The van der Waals surface area contributed by atoms with Gasteiger partial charge in [-0.2, -0.15) is 0 Å². The minimum Gasteiger partial charge on any atom is -0.355 e. The van der Waals surface area contributed by atoms with Crippen molar-refractivity contribution in [3.8, 4) is 0 Å². The largest absolute Gasteiger partial charge is 0.355 e. The third kappa shape index (κ3) is 7.95. The zero-order valence-corrected chi connectivity index (χ0v) is 12.5. The van der Waals surface area contributed by atoms with E-state index in [2.05, 4.69) is 29.6 Å². The quantitative estimate of drug-likeness (QED) is 0.646. The second-order valence-corrected chi connectivity index (χ2v) is 6.41. The van der Waals surface area contributed by atoms with Crippen molar-refractivity contribution in [2.75, 3.05) is 46.0 Å². The molecule has 0 aliphatic carbocycles. The van der Waals surface area contributed by atoms with E-state index in [1.807, 2.05) is 11.8 Å². The molecule has 0 saturated carbocycles. The first kappa shape index (κ1) is 15.8. The zero-order valence-electron chi connectivity index (χ0n) is 11.7. The maximum Gasteiger partial charge on any atom is 0.230 e. The lowest BCUT2D eigenvalue weighted by molar-refractivity contribution is -0.118. The summed E-state index contributed by atoms with van der Waals surface area (Å²) in [5.74, 6) is 0.821. The van der Waals surface area contributed by atoms with E-state index >= 15 is 0 Å². The highest BCUT2D eigenvalue weighted by Gasteiger charge is 2.14. The van der Waals surface area contributed by atoms with Gasteiger partial charge in [0.2, 0.25) is 5.91 Å². The van der Waals surface area contributed by atoms with Crippen LogP contribution in [0.4, 0.5) is 0 Å². The Morgan fingerprint density at radius 1 is 1.33 bits per heavy atom. The fourth-order valence-corrected chi connectivity index (χ4v) is 3.05. The normalized spacial score (nSPS) is 17.1. The first-order valence-electron chi connectivity index (χ1n) is 6.92. The van der Waals surface area contributed by atoms with Gasteiger partial charge in [-0.1, -0.05) is 0 Å². The van der Waals surface area contributed by atoms with Gasteiger partial charge < -0.3 is 15.5 Å². The van der Waals surface area contributed by atoms with Gasteiger partial charge in [-0.3, -0.25) is 4.79 Å². The first-order valence-corrected chi connectivity index (χ1v) is 7.97. The first-order chi connectivity index (χ1) is 8.68. The molecule has 0 aromatic heterocycles. The molecule has 18 heavy (non-hydrogen) atoms. The van der Waals surface area contributed by atoms with Crippen molar-refractivity contribution in [1.82, 2.24) is 15.5 Å². The van der Waals surface area contributed by atoms with Gasteiger partial charge in [0.1, 0.15) is 0 Å². The summed E-state index contributed by atoms with van der Waals surface area (Å²) in [4.78, 5) is 13.8. The fraction of sp³-hybridized carbons (Fsp3) is 0.923. The molecule has 2 N–H and O–H groups in total. The van der Waals surface area contributed by atoms with Crippen LogP contribution in [0.25, 0.3) is 0 Å². The molecule has 0 bridgehead atoms. The van der Waals surface area contributed by atoms with Crippen LogP contribution in [0.15, 0.2) is 0 Å². The Morgan fingerprint density at radius 2 is 2.06 bits per heavy atom. The zero-order chi connectivity index (χ0) is 13.2. The maximum absolute atomic E-state index is 11.6. The van der Waals surface area contributed by atoms with Gasteiger partial charge in [-0.25, -0.2) is 0 Å². The molecule has 5 heteroatoms. The number of amides is 1. The summed E-state index contributed by atoms with van der Waals surface area (Å²) >= 11 is 1.81. The Morgan fingerprint density at radius 3 is 2.72 bits per heavy atom. The van der Waals surface area contributed by atoms with Crippen molar-refractivity contribution in [3.05, 3.63) is 0 Å². The summed E-state index contributed by atoms with van der Waals surface area (Å²) < 4.78 is 0. The Hall–Kier alpha value is -0.260. The molecule has 0 unspecified atom stereocenters. The lowest BCUT2D eigenvalue weighted by Crippen LogP contribution is -2.31. The van der Waals surface area contributed by atoms with Crippen molar-refractivity contribution in [1.29, 1.82) is 0 Å². The minimum absolute atomic E-state index is 0.198. The van der Waals surface area contributed by atoms with Crippen LogP contribution >= 0.6 is 11.8 Å². The van der Waals surface area contributed by atoms with Gasteiger partial charge in [0.05, 0.1) is 5.75 Å². The third-order valence-electron chi connectivity index (χ3n) is 3.09. The average Bonchev–Trinajstić information content (AvgIpc) is 2.37. The van der Waals surface area contributed by atoms with Gasteiger partial charge >= 0.3 is 0 Å². The minimum atomic E-state index is 0.198. The number of unbranched alkanes of at least 4 members (excludes halogenated alkanes) is 1. The summed E-state index contributed by atoms with van der Waals surface area (Å²) in [5, 5.41) is 7.02. The summed E-state index contributed by atoms with van der Waals surface area (Å²) in [5.41, 5.74) is 0. The van der Waals surface area contributed by atoms with E-state index in [1.54, 1.807) is 0 Å². The van der Waals surface area contributed by atoms with Crippen molar-refractivity contribution in [2.24, 2.45) is 0 Å². The molecule has 1 heterocycles. The third-order valence-corrected chi connectivity index (χ3v) is 4.46. The molecule has 106 valence electrons. The SMILES string of the molecule is CN(C)CCCCNC(=O)CSC1CCNCC1. The number of thioether (sulfide) groups is 1. The monoisotopic (exact) mass is 273 g/mol. The number of piperidine rings is 1. The van der Waals surface area contributed by atoms with Gasteiger partial charge in [-0.15, -0.1) is 11.8 Å². The predicted octanol–water partition coefficient (Wildman–Crippen LogP) is 0.930. The summed E-state index contributed by atoms with van der Waals surface area (Å²) in [6.07, 6.45) is 4.61. The van der Waals surface area contributed by atoms with E-state index in [1.165, 1.54) is 12.8 Å². The molecule has 4 nitrogen and oxygen atoms in total. The molecule has 1 aliphatic heterocycles. The average molecular weight is 273 g/mol. The van der Waals surface area contributed by atoms with E-state index in [0.29, 0.717) is 11.0 Å². The number of hydrogen-bond acceptors (Lipinski definition) is 4. The second-order valence-electron chi connectivity index (χ2n) is 5.12. The smallest absolute Gasteiger partial charge is 0.230 e. The number of carbonyl (C=O) groups excluding carboxylic acids is 1. The maximum atomic E-state index is 11.6. The van der Waals surface area contributed by atoms with Crippen LogP contribution in [0, 0.1) is 0 Å². The van der Waals surface area contributed by atoms with Crippen LogP contribution < -0.4 is 10.6 Å².